The van der Waals surface area contributed by atoms with Crippen LogP contribution in [-0.4, -0.2) is 37.5 Å². The van der Waals surface area contributed by atoms with Gasteiger partial charge in [-0.25, -0.2) is 0 Å². The van der Waals surface area contributed by atoms with E-state index in [1.807, 2.05) is 43.3 Å². The van der Waals surface area contributed by atoms with E-state index < -0.39 is 0 Å². The van der Waals surface area contributed by atoms with Crippen molar-refractivity contribution < 1.29 is 10.2 Å². The van der Waals surface area contributed by atoms with Gasteiger partial charge in [-0.2, -0.15) is 0 Å². The van der Waals surface area contributed by atoms with E-state index in [-0.39, 0.29) is 19.1 Å². The molecule has 0 radical (unpaired) electrons. The van der Waals surface area contributed by atoms with Gasteiger partial charge in [0.25, 0.3) is 0 Å². The first-order valence-electron chi connectivity index (χ1n) is 5.15. The quantitative estimate of drug-likeness (QED) is 0.757. The predicted octanol–water partition coefficient (Wildman–Crippen LogP) is 0.896. The van der Waals surface area contributed by atoms with Gasteiger partial charge in [0.15, 0.2) is 0 Å². The highest BCUT2D eigenvalue weighted by atomic mass is 16.3. The molecule has 0 amide bonds. The first kappa shape index (κ1) is 12.0. The van der Waals surface area contributed by atoms with Gasteiger partial charge < -0.3 is 15.1 Å². The van der Waals surface area contributed by atoms with Gasteiger partial charge in [-0.05, 0) is 24.1 Å². The summed E-state index contributed by atoms with van der Waals surface area (Å²) in [4.78, 5) is 2.04. The molecule has 1 aromatic carbocycles. The summed E-state index contributed by atoms with van der Waals surface area (Å²) < 4.78 is 0. The van der Waals surface area contributed by atoms with Crippen molar-refractivity contribution in [1.29, 1.82) is 0 Å². The zero-order valence-electron chi connectivity index (χ0n) is 9.35. The third-order valence-corrected chi connectivity index (χ3v) is 2.49. The summed E-state index contributed by atoms with van der Waals surface area (Å²) in [6, 6.07) is 8.16. The van der Waals surface area contributed by atoms with E-state index in [2.05, 4.69) is 0 Å². The molecule has 84 valence electrons. The number of benzene rings is 1. The molecule has 2 N–H and O–H groups in total. The summed E-state index contributed by atoms with van der Waals surface area (Å²) in [6.45, 7) is 0.0673. The number of hydrogen-bond acceptors (Lipinski definition) is 3. The Labute approximate surface area is 91.0 Å². The van der Waals surface area contributed by atoms with Crippen LogP contribution < -0.4 is 4.90 Å². The number of nitrogens with zero attached hydrogens (tertiary/aromatic N) is 1. The van der Waals surface area contributed by atoms with Gasteiger partial charge >= 0.3 is 0 Å². The first-order valence-corrected chi connectivity index (χ1v) is 5.15. The minimum Gasteiger partial charge on any atom is -0.396 e. The summed E-state index contributed by atoms with van der Waals surface area (Å²) in [5.74, 6) is -0.0461. The lowest BCUT2D eigenvalue weighted by Crippen LogP contribution is -2.14. The molecule has 1 rings (SSSR count). The highest BCUT2D eigenvalue weighted by Gasteiger charge is 2.06. The largest absolute Gasteiger partial charge is 0.396 e. The van der Waals surface area contributed by atoms with Crippen molar-refractivity contribution in [3.8, 4) is 0 Å². The van der Waals surface area contributed by atoms with Gasteiger partial charge in [-0.1, -0.05) is 12.1 Å². The molecule has 0 heterocycles. The second kappa shape index (κ2) is 5.73. The third-order valence-electron chi connectivity index (χ3n) is 2.49. The van der Waals surface area contributed by atoms with Crippen LogP contribution in [0.3, 0.4) is 0 Å². The van der Waals surface area contributed by atoms with Gasteiger partial charge in [-0.3, -0.25) is 0 Å². The lowest BCUT2D eigenvalue weighted by Gasteiger charge is -2.14. The predicted molar refractivity (Wildman–Crippen MR) is 62.1 cm³/mol. The molecule has 0 aliphatic carbocycles. The van der Waals surface area contributed by atoms with Crippen LogP contribution in [0.2, 0.25) is 0 Å². The summed E-state index contributed by atoms with van der Waals surface area (Å²) >= 11 is 0. The maximum atomic E-state index is 8.96. The van der Waals surface area contributed by atoms with E-state index in [1.165, 1.54) is 0 Å². The minimum absolute atomic E-state index is 0.0337. The van der Waals surface area contributed by atoms with Crippen molar-refractivity contribution in [2.75, 3.05) is 32.2 Å². The van der Waals surface area contributed by atoms with Crippen LogP contribution in [0.15, 0.2) is 24.3 Å². The number of anilines is 1. The molecule has 15 heavy (non-hydrogen) atoms. The van der Waals surface area contributed by atoms with Crippen molar-refractivity contribution >= 4 is 5.69 Å². The molecular formula is C12H19NO2. The third kappa shape index (κ3) is 3.53. The number of aliphatic hydroxyl groups excluding tert-OH is 2. The maximum absolute atomic E-state index is 8.96. The van der Waals surface area contributed by atoms with Crippen molar-refractivity contribution in [2.24, 2.45) is 5.92 Å². The van der Waals surface area contributed by atoms with E-state index in [0.29, 0.717) is 0 Å². The topological polar surface area (TPSA) is 43.7 Å². The fourth-order valence-electron chi connectivity index (χ4n) is 1.45. The van der Waals surface area contributed by atoms with Crippen molar-refractivity contribution in [1.82, 2.24) is 0 Å². The zero-order valence-corrected chi connectivity index (χ0v) is 9.35. The average molecular weight is 209 g/mol. The molecule has 0 aromatic heterocycles. The second-order valence-corrected chi connectivity index (χ2v) is 4.00. The highest BCUT2D eigenvalue weighted by Crippen LogP contribution is 2.14. The highest BCUT2D eigenvalue weighted by molar-refractivity contribution is 5.46. The molecule has 0 saturated carbocycles. The molecular weight excluding hydrogens is 190 g/mol. The van der Waals surface area contributed by atoms with E-state index in [4.69, 9.17) is 10.2 Å². The van der Waals surface area contributed by atoms with Gasteiger partial charge in [0.1, 0.15) is 0 Å². The summed E-state index contributed by atoms with van der Waals surface area (Å²) in [5, 5.41) is 17.9. The Kier molecular flexibility index (Phi) is 4.59. The lowest BCUT2D eigenvalue weighted by atomic mass is 10.0. The van der Waals surface area contributed by atoms with Crippen LogP contribution in [-0.2, 0) is 6.42 Å². The number of hydrogen-bond donors (Lipinski definition) is 2. The van der Waals surface area contributed by atoms with Crippen LogP contribution in [0.1, 0.15) is 5.56 Å². The molecule has 0 atom stereocenters. The standard InChI is InChI=1S/C12H19NO2/c1-13(2)12-5-3-10(4-6-12)7-11(8-14)9-15/h3-6,11,14-15H,7-9H2,1-2H3. The lowest BCUT2D eigenvalue weighted by molar-refractivity contribution is 0.150. The Morgan fingerprint density at radius 2 is 1.60 bits per heavy atom. The Hall–Kier alpha value is -1.06. The Morgan fingerprint density at radius 3 is 2.00 bits per heavy atom. The van der Waals surface area contributed by atoms with Crippen LogP contribution in [0.25, 0.3) is 0 Å². The number of aliphatic hydroxyl groups is 2. The normalized spacial score (nSPS) is 10.7. The van der Waals surface area contributed by atoms with E-state index >= 15 is 0 Å². The molecule has 0 bridgehead atoms. The Balaban J connectivity index is 2.63. The molecule has 0 spiro atoms. The van der Waals surface area contributed by atoms with Crippen molar-refractivity contribution in [2.45, 2.75) is 6.42 Å². The van der Waals surface area contributed by atoms with E-state index in [0.717, 1.165) is 17.7 Å². The van der Waals surface area contributed by atoms with Crippen LogP contribution in [0.4, 0.5) is 5.69 Å². The van der Waals surface area contributed by atoms with Gasteiger partial charge in [0, 0.05) is 38.9 Å². The van der Waals surface area contributed by atoms with Crippen LogP contribution >= 0.6 is 0 Å². The fourth-order valence-corrected chi connectivity index (χ4v) is 1.45. The number of rotatable bonds is 5. The summed E-state index contributed by atoms with van der Waals surface area (Å²) in [7, 11) is 4.00. The fraction of sp³-hybridized carbons (Fsp3) is 0.500. The maximum Gasteiger partial charge on any atom is 0.0484 e. The molecule has 3 heteroatoms. The van der Waals surface area contributed by atoms with E-state index in [1.54, 1.807) is 0 Å². The summed E-state index contributed by atoms with van der Waals surface area (Å²) in [5.41, 5.74) is 2.30. The minimum atomic E-state index is -0.0461. The first-order chi connectivity index (χ1) is 7.17. The molecule has 0 aliphatic heterocycles. The SMILES string of the molecule is CN(C)c1ccc(CC(CO)CO)cc1. The Morgan fingerprint density at radius 1 is 1.07 bits per heavy atom. The second-order valence-electron chi connectivity index (χ2n) is 4.00. The molecule has 0 saturated heterocycles. The van der Waals surface area contributed by atoms with Gasteiger partial charge in [0.05, 0.1) is 0 Å². The smallest absolute Gasteiger partial charge is 0.0484 e. The van der Waals surface area contributed by atoms with Gasteiger partial charge in [0.2, 0.25) is 0 Å². The molecule has 3 nitrogen and oxygen atoms in total. The Bertz CT molecular complexity index is 278. The van der Waals surface area contributed by atoms with Crippen LogP contribution in [0, 0.1) is 5.92 Å². The van der Waals surface area contributed by atoms with Crippen molar-refractivity contribution in [3.05, 3.63) is 29.8 Å². The molecule has 1 aromatic rings. The molecule has 0 fully saturated rings. The van der Waals surface area contributed by atoms with Crippen molar-refractivity contribution in [3.63, 3.8) is 0 Å². The van der Waals surface area contributed by atoms with E-state index in [9.17, 15) is 0 Å². The zero-order chi connectivity index (χ0) is 11.3. The summed E-state index contributed by atoms with van der Waals surface area (Å²) in [6.07, 6.45) is 0.723. The monoisotopic (exact) mass is 209 g/mol. The van der Waals surface area contributed by atoms with Crippen LogP contribution in [0.5, 0.6) is 0 Å². The molecule has 0 unspecified atom stereocenters. The molecule has 0 aliphatic rings. The average Bonchev–Trinajstić information content (AvgIpc) is 2.26. The van der Waals surface area contributed by atoms with Gasteiger partial charge in [-0.15, -0.1) is 0 Å².